The van der Waals surface area contributed by atoms with Crippen LogP contribution in [0.15, 0.2) is 22.7 Å². The number of rotatable bonds is 6. The fourth-order valence-electron chi connectivity index (χ4n) is 1.47. The molecule has 0 radical (unpaired) electrons. The number of hydrogen-bond acceptors (Lipinski definition) is 3. The molecule has 0 amide bonds. The Hall–Kier alpha value is -0.720. The molecule has 0 saturated heterocycles. The molecule has 3 N–H and O–H groups in total. The predicted octanol–water partition coefficient (Wildman–Crippen LogP) is 2.31. The highest BCUT2D eigenvalue weighted by molar-refractivity contribution is 9.10. The molecule has 17 heavy (non-hydrogen) atoms. The van der Waals surface area contributed by atoms with E-state index in [0.29, 0.717) is 5.75 Å². The first-order valence-corrected chi connectivity index (χ1v) is 5.92. The summed E-state index contributed by atoms with van der Waals surface area (Å²) in [5.74, 6) is 0.667. The van der Waals surface area contributed by atoms with E-state index in [9.17, 15) is 8.78 Å². The molecule has 1 unspecified atom stereocenters. The lowest BCUT2D eigenvalue weighted by Crippen LogP contribution is -2.32. The number of halogens is 3. The minimum absolute atomic E-state index is 0.235. The van der Waals surface area contributed by atoms with Crippen LogP contribution in [0.2, 0.25) is 0 Å². The highest BCUT2D eigenvalue weighted by Crippen LogP contribution is 2.27. The van der Waals surface area contributed by atoms with Crippen molar-refractivity contribution in [3.05, 3.63) is 28.2 Å². The van der Waals surface area contributed by atoms with Gasteiger partial charge >= 0.3 is 0 Å². The molecule has 0 fully saturated rings. The first-order valence-electron chi connectivity index (χ1n) is 5.13. The van der Waals surface area contributed by atoms with Gasteiger partial charge in [0.25, 0.3) is 6.43 Å². The van der Waals surface area contributed by atoms with Gasteiger partial charge in [-0.2, -0.15) is 0 Å². The molecule has 0 aliphatic rings. The van der Waals surface area contributed by atoms with Crippen LogP contribution in [0, 0.1) is 0 Å². The molecule has 1 rings (SSSR count). The van der Waals surface area contributed by atoms with Crippen LogP contribution in [0.25, 0.3) is 0 Å². The predicted molar refractivity (Wildman–Crippen MR) is 66.5 cm³/mol. The fourth-order valence-corrected chi connectivity index (χ4v) is 1.99. The third-order valence-electron chi connectivity index (χ3n) is 2.33. The largest absolute Gasteiger partial charge is 0.497 e. The normalized spacial score (nSPS) is 12.8. The second-order valence-corrected chi connectivity index (χ2v) is 4.33. The van der Waals surface area contributed by atoms with E-state index in [2.05, 4.69) is 21.2 Å². The summed E-state index contributed by atoms with van der Waals surface area (Å²) in [5, 5.41) is 2.72. The van der Waals surface area contributed by atoms with E-state index in [1.807, 2.05) is 0 Å². The van der Waals surface area contributed by atoms with Crippen molar-refractivity contribution in [2.24, 2.45) is 5.73 Å². The van der Waals surface area contributed by atoms with Gasteiger partial charge < -0.3 is 15.8 Å². The Balaban J connectivity index is 2.86. The monoisotopic (exact) mass is 308 g/mol. The van der Waals surface area contributed by atoms with Crippen LogP contribution in [0.5, 0.6) is 5.75 Å². The molecule has 1 aromatic rings. The Morgan fingerprint density at radius 3 is 2.71 bits per heavy atom. The summed E-state index contributed by atoms with van der Waals surface area (Å²) < 4.78 is 30.2. The summed E-state index contributed by atoms with van der Waals surface area (Å²) in [6, 6.07) is 5.04. The Bertz CT molecular complexity index is 363. The minimum atomic E-state index is -2.39. The standard InChI is InChI=1S/C11H15BrF2N2O/c1-17-7-2-3-9(12)8(4-7)10(5-15)16-6-11(13)14/h2-4,10-11,16H,5-6,15H2,1H3. The van der Waals surface area contributed by atoms with Crippen molar-refractivity contribution >= 4 is 15.9 Å². The van der Waals surface area contributed by atoms with Gasteiger partial charge in [0.2, 0.25) is 0 Å². The van der Waals surface area contributed by atoms with Gasteiger partial charge in [-0.3, -0.25) is 0 Å². The summed E-state index contributed by atoms with van der Waals surface area (Å²) in [6.45, 7) is -0.149. The number of methoxy groups -OCH3 is 1. The van der Waals surface area contributed by atoms with Crippen molar-refractivity contribution in [2.45, 2.75) is 12.5 Å². The first-order chi connectivity index (χ1) is 8.08. The van der Waals surface area contributed by atoms with Crippen LogP contribution in [0.3, 0.4) is 0 Å². The van der Waals surface area contributed by atoms with Crippen molar-refractivity contribution in [2.75, 3.05) is 20.2 Å². The second-order valence-electron chi connectivity index (χ2n) is 3.48. The number of hydrogen-bond donors (Lipinski definition) is 2. The van der Waals surface area contributed by atoms with E-state index in [1.54, 1.807) is 25.3 Å². The summed E-state index contributed by atoms with van der Waals surface area (Å²) >= 11 is 3.37. The Kier molecular flexibility index (Phi) is 5.80. The van der Waals surface area contributed by atoms with Crippen molar-refractivity contribution in [3.8, 4) is 5.75 Å². The molecule has 0 aliphatic carbocycles. The van der Waals surface area contributed by atoms with E-state index >= 15 is 0 Å². The molecule has 1 atom stereocenters. The lowest BCUT2D eigenvalue weighted by atomic mass is 10.1. The third kappa shape index (κ3) is 4.22. The van der Waals surface area contributed by atoms with E-state index in [0.717, 1.165) is 10.0 Å². The topological polar surface area (TPSA) is 47.3 Å². The van der Waals surface area contributed by atoms with Gasteiger partial charge in [0.15, 0.2) is 0 Å². The maximum absolute atomic E-state index is 12.2. The van der Waals surface area contributed by atoms with Gasteiger partial charge in [-0.05, 0) is 23.8 Å². The number of benzene rings is 1. The van der Waals surface area contributed by atoms with Crippen LogP contribution in [0.4, 0.5) is 8.78 Å². The van der Waals surface area contributed by atoms with Crippen LogP contribution in [-0.2, 0) is 0 Å². The van der Waals surface area contributed by atoms with Crippen molar-refractivity contribution in [1.29, 1.82) is 0 Å². The number of ether oxygens (including phenoxy) is 1. The zero-order valence-electron chi connectivity index (χ0n) is 9.42. The highest BCUT2D eigenvalue weighted by Gasteiger charge is 2.15. The molecular weight excluding hydrogens is 294 g/mol. The van der Waals surface area contributed by atoms with Gasteiger partial charge in [-0.25, -0.2) is 8.78 Å². The van der Waals surface area contributed by atoms with Crippen LogP contribution in [0.1, 0.15) is 11.6 Å². The molecule has 96 valence electrons. The third-order valence-corrected chi connectivity index (χ3v) is 3.06. The lowest BCUT2D eigenvalue weighted by molar-refractivity contribution is 0.141. The summed E-state index contributed by atoms with van der Waals surface area (Å²) in [7, 11) is 1.55. The summed E-state index contributed by atoms with van der Waals surface area (Å²) in [5.41, 5.74) is 6.39. The molecule has 6 heteroatoms. The van der Waals surface area contributed by atoms with Crippen LogP contribution in [-0.4, -0.2) is 26.6 Å². The van der Waals surface area contributed by atoms with E-state index in [1.165, 1.54) is 0 Å². The molecular formula is C11H15BrF2N2O. The molecule has 0 saturated carbocycles. The minimum Gasteiger partial charge on any atom is -0.497 e. The Labute approximate surface area is 107 Å². The molecule has 0 aliphatic heterocycles. The number of nitrogens with two attached hydrogens (primary N) is 1. The summed E-state index contributed by atoms with van der Waals surface area (Å²) in [6.07, 6.45) is -2.39. The quantitative estimate of drug-likeness (QED) is 0.848. The van der Waals surface area contributed by atoms with Gasteiger partial charge in [0.05, 0.1) is 13.7 Å². The van der Waals surface area contributed by atoms with E-state index in [-0.39, 0.29) is 19.1 Å². The zero-order chi connectivity index (χ0) is 12.8. The smallest absolute Gasteiger partial charge is 0.250 e. The average molecular weight is 309 g/mol. The maximum Gasteiger partial charge on any atom is 0.250 e. The molecule has 3 nitrogen and oxygen atoms in total. The van der Waals surface area contributed by atoms with Crippen molar-refractivity contribution in [1.82, 2.24) is 5.32 Å². The average Bonchev–Trinajstić information content (AvgIpc) is 2.31. The first kappa shape index (κ1) is 14.3. The lowest BCUT2D eigenvalue weighted by Gasteiger charge is -2.19. The van der Waals surface area contributed by atoms with Crippen molar-refractivity contribution < 1.29 is 13.5 Å². The SMILES string of the molecule is COc1ccc(Br)c(C(CN)NCC(F)F)c1. The summed E-state index contributed by atoms with van der Waals surface area (Å²) in [4.78, 5) is 0. The van der Waals surface area contributed by atoms with Gasteiger partial charge in [-0.1, -0.05) is 15.9 Å². The van der Waals surface area contributed by atoms with Gasteiger partial charge in [-0.15, -0.1) is 0 Å². The molecule has 0 heterocycles. The fraction of sp³-hybridized carbons (Fsp3) is 0.455. The number of alkyl halides is 2. The Morgan fingerprint density at radius 2 is 2.18 bits per heavy atom. The molecule has 0 bridgehead atoms. The van der Waals surface area contributed by atoms with Crippen molar-refractivity contribution in [3.63, 3.8) is 0 Å². The number of nitrogens with one attached hydrogen (secondary N) is 1. The zero-order valence-corrected chi connectivity index (χ0v) is 11.0. The Morgan fingerprint density at radius 1 is 1.47 bits per heavy atom. The van der Waals surface area contributed by atoms with Gasteiger partial charge in [0.1, 0.15) is 5.75 Å². The molecule has 1 aromatic carbocycles. The second kappa shape index (κ2) is 6.88. The van der Waals surface area contributed by atoms with Gasteiger partial charge in [0, 0.05) is 17.1 Å². The molecule has 0 aromatic heterocycles. The van der Waals surface area contributed by atoms with Crippen LogP contribution >= 0.6 is 15.9 Å². The van der Waals surface area contributed by atoms with E-state index < -0.39 is 6.43 Å². The van der Waals surface area contributed by atoms with Crippen LogP contribution < -0.4 is 15.8 Å². The maximum atomic E-state index is 12.2. The molecule has 0 spiro atoms. The van der Waals surface area contributed by atoms with E-state index in [4.69, 9.17) is 10.5 Å². The highest BCUT2D eigenvalue weighted by atomic mass is 79.9.